The molecule has 20 heavy (non-hydrogen) atoms. The Kier molecular flexibility index (Phi) is 11.6. The van der Waals surface area contributed by atoms with Gasteiger partial charge in [-0.3, -0.25) is 0 Å². The van der Waals surface area contributed by atoms with E-state index in [0.717, 1.165) is 0 Å². The SMILES string of the molecule is Cc1c[cH-]cc1C.[Ti+3].[c-]1ccccc1.[c-]1ccccc1. The zero-order valence-electron chi connectivity index (χ0n) is 12.0. The molecule has 0 spiro atoms. The molecule has 0 aliphatic heterocycles. The molecule has 0 aromatic heterocycles. The number of hydrogen-bond acceptors (Lipinski definition) is 0. The van der Waals surface area contributed by atoms with Crippen LogP contribution < -0.4 is 0 Å². The second-order valence-corrected chi connectivity index (χ2v) is 4.05. The van der Waals surface area contributed by atoms with Gasteiger partial charge >= 0.3 is 21.7 Å². The first-order chi connectivity index (χ1) is 9.30. The van der Waals surface area contributed by atoms with Crippen LogP contribution in [0.3, 0.4) is 0 Å². The zero-order valence-corrected chi connectivity index (χ0v) is 13.6. The van der Waals surface area contributed by atoms with E-state index in [1.165, 1.54) is 11.1 Å². The van der Waals surface area contributed by atoms with Crippen LogP contribution in [0.25, 0.3) is 0 Å². The molecule has 0 unspecified atom stereocenters. The van der Waals surface area contributed by atoms with Crippen LogP contribution in [0, 0.1) is 26.0 Å². The van der Waals surface area contributed by atoms with Crippen LogP contribution in [-0.2, 0) is 21.7 Å². The van der Waals surface area contributed by atoms with Crippen LogP contribution in [0.5, 0.6) is 0 Å². The van der Waals surface area contributed by atoms with Crippen LogP contribution in [-0.4, -0.2) is 0 Å². The maximum atomic E-state index is 2.89. The predicted molar refractivity (Wildman–Crippen MR) is 82.1 cm³/mol. The normalized spacial score (nSPS) is 8.10. The quantitative estimate of drug-likeness (QED) is 0.405. The third kappa shape index (κ3) is 9.44. The van der Waals surface area contributed by atoms with Crippen LogP contribution in [0.2, 0.25) is 0 Å². The van der Waals surface area contributed by atoms with E-state index < -0.39 is 0 Å². The number of aryl methyl sites for hydroxylation is 2. The Labute approximate surface area is 137 Å². The van der Waals surface area contributed by atoms with E-state index in [9.17, 15) is 0 Å². The Balaban J connectivity index is 0.000000265. The van der Waals surface area contributed by atoms with Crippen molar-refractivity contribution in [3.8, 4) is 0 Å². The Bertz CT molecular complexity index is 410. The molecule has 3 aromatic rings. The number of hydrogen-bond donors (Lipinski definition) is 0. The van der Waals surface area contributed by atoms with E-state index in [-0.39, 0.29) is 21.7 Å². The molecule has 99 valence electrons. The molecule has 3 aromatic carbocycles. The van der Waals surface area contributed by atoms with Crippen LogP contribution in [0.15, 0.2) is 78.9 Å². The first kappa shape index (κ1) is 18.5. The molecular formula is C19H19Ti. The van der Waals surface area contributed by atoms with Gasteiger partial charge in [0.25, 0.3) is 0 Å². The van der Waals surface area contributed by atoms with Crippen LogP contribution in [0.4, 0.5) is 0 Å². The molecule has 1 radical (unpaired) electrons. The van der Waals surface area contributed by atoms with Crippen LogP contribution in [0.1, 0.15) is 11.1 Å². The van der Waals surface area contributed by atoms with Gasteiger partial charge in [0.15, 0.2) is 0 Å². The largest absolute Gasteiger partial charge is 3.00 e. The van der Waals surface area contributed by atoms with Gasteiger partial charge in [-0.15, -0.1) is 0 Å². The minimum atomic E-state index is 0. The molecule has 0 nitrogen and oxygen atoms in total. The third-order valence-electron chi connectivity index (χ3n) is 2.53. The molecule has 0 amide bonds. The summed E-state index contributed by atoms with van der Waals surface area (Å²) < 4.78 is 0. The molecule has 1 heteroatoms. The molecule has 0 N–H and O–H groups in total. The van der Waals surface area contributed by atoms with Gasteiger partial charge in [0.1, 0.15) is 0 Å². The molecular weight excluding hydrogens is 276 g/mol. The smallest absolute Gasteiger partial charge is 0.199 e. The van der Waals surface area contributed by atoms with Gasteiger partial charge in [-0.25, -0.2) is 0 Å². The van der Waals surface area contributed by atoms with Crippen molar-refractivity contribution in [2.45, 2.75) is 13.8 Å². The van der Waals surface area contributed by atoms with E-state index in [2.05, 4.69) is 44.2 Å². The second kappa shape index (κ2) is 12.5. The van der Waals surface area contributed by atoms with Crippen molar-refractivity contribution >= 4 is 0 Å². The molecule has 3 rings (SSSR count). The van der Waals surface area contributed by atoms with Crippen molar-refractivity contribution in [1.82, 2.24) is 0 Å². The average molecular weight is 295 g/mol. The Hall–Kier alpha value is -1.50. The Morgan fingerprint density at radius 2 is 1.00 bits per heavy atom. The first-order valence-electron chi connectivity index (χ1n) is 6.32. The van der Waals surface area contributed by atoms with Gasteiger partial charge < -0.3 is 0 Å². The number of benzene rings is 2. The fourth-order valence-electron chi connectivity index (χ4n) is 1.28. The van der Waals surface area contributed by atoms with Crippen molar-refractivity contribution in [2.75, 3.05) is 0 Å². The molecule has 0 aliphatic rings. The van der Waals surface area contributed by atoms with Crippen molar-refractivity contribution in [3.05, 3.63) is 102 Å². The standard InChI is InChI=1S/C7H9.2C6H5.Ti/c1-6-4-3-5-7(6)2;2*1-2-4-6-5-3-1;/h3-5H,1-2H3;2*1-5H;/q3*-1;+3. The topological polar surface area (TPSA) is 0 Å². The minimum absolute atomic E-state index is 0. The summed E-state index contributed by atoms with van der Waals surface area (Å²) in [5, 5.41) is 0. The third-order valence-corrected chi connectivity index (χ3v) is 2.53. The second-order valence-electron chi connectivity index (χ2n) is 4.05. The van der Waals surface area contributed by atoms with Crippen LogP contribution >= 0.6 is 0 Å². The van der Waals surface area contributed by atoms with Crippen molar-refractivity contribution in [3.63, 3.8) is 0 Å². The molecule has 0 fully saturated rings. The summed E-state index contributed by atoms with van der Waals surface area (Å²) in [5.41, 5.74) is 2.78. The van der Waals surface area contributed by atoms with Crippen molar-refractivity contribution in [2.24, 2.45) is 0 Å². The summed E-state index contributed by atoms with van der Waals surface area (Å²) in [6, 6.07) is 31.3. The van der Waals surface area contributed by atoms with Gasteiger partial charge in [0.05, 0.1) is 0 Å². The molecule has 0 atom stereocenters. The first-order valence-corrected chi connectivity index (χ1v) is 6.32. The summed E-state index contributed by atoms with van der Waals surface area (Å²) in [6.45, 7) is 4.24. The van der Waals surface area contributed by atoms with E-state index >= 15 is 0 Å². The molecule has 0 saturated heterocycles. The van der Waals surface area contributed by atoms with Gasteiger partial charge in [0.2, 0.25) is 0 Å². The fourth-order valence-corrected chi connectivity index (χ4v) is 1.28. The minimum Gasteiger partial charge on any atom is -0.199 e. The van der Waals surface area contributed by atoms with E-state index in [4.69, 9.17) is 0 Å². The molecule has 0 saturated carbocycles. The molecule has 0 aliphatic carbocycles. The maximum Gasteiger partial charge on any atom is 3.00 e. The van der Waals surface area contributed by atoms with E-state index in [1.807, 2.05) is 60.7 Å². The van der Waals surface area contributed by atoms with E-state index in [0.29, 0.717) is 0 Å². The van der Waals surface area contributed by atoms with Gasteiger partial charge in [-0.2, -0.15) is 102 Å². The molecule has 0 bridgehead atoms. The average Bonchev–Trinajstić information content (AvgIpc) is 2.88. The van der Waals surface area contributed by atoms with Crippen molar-refractivity contribution < 1.29 is 21.7 Å². The Morgan fingerprint density at radius 1 is 0.650 bits per heavy atom. The summed E-state index contributed by atoms with van der Waals surface area (Å²) >= 11 is 0. The number of rotatable bonds is 0. The molecule has 0 heterocycles. The monoisotopic (exact) mass is 295 g/mol. The summed E-state index contributed by atoms with van der Waals surface area (Å²) in [4.78, 5) is 0. The van der Waals surface area contributed by atoms with E-state index in [1.54, 1.807) is 0 Å². The summed E-state index contributed by atoms with van der Waals surface area (Å²) in [6.07, 6.45) is 0. The van der Waals surface area contributed by atoms with Crippen molar-refractivity contribution in [1.29, 1.82) is 0 Å². The fraction of sp³-hybridized carbons (Fsp3) is 0.105. The van der Waals surface area contributed by atoms with Gasteiger partial charge in [-0.1, -0.05) is 13.8 Å². The summed E-state index contributed by atoms with van der Waals surface area (Å²) in [5.74, 6) is 0. The Morgan fingerprint density at radius 3 is 1.10 bits per heavy atom. The van der Waals surface area contributed by atoms with Gasteiger partial charge in [-0.05, 0) is 0 Å². The summed E-state index contributed by atoms with van der Waals surface area (Å²) in [7, 11) is 0. The van der Waals surface area contributed by atoms with Gasteiger partial charge in [0, 0.05) is 0 Å². The maximum absolute atomic E-state index is 2.89. The predicted octanol–water partition coefficient (Wildman–Crippen LogP) is 4.99. The zero-order chi connectivity index (χ0) is 13.8.